The smallest absolute Gasteiger partial charge is 0.238 e. The molecule has 1 fully saturated rings. The molecule has 0 aliphatic carbocycles. The van der Waals surface area contributed by atoms with Crippen LogP contribution in [0.1, 0.15) is 17.5 Å². The monoisotopic (exact) mass is 410 g/mol. The summed E-state index contributed by atoms with van der Waals surface area (Å²) < 4.78 is 5.41. The van der Waals surface area contributed by atoms with Crippen molar-refractivity contribution in [1.82, 2.24) is 14.8 Å². The fourth-order valence-electron chi connectivity index (χ4n) is 3.45. The van der Waals surface area contributed by atoms with Crippen LogP contribution in [0.4, 0.5) is 5.69 Å². The van der Waals surface area contributed by atoms with Crippen LogP contribution < -0.4 is 5.32 Å². The fraction of sp³-hybridized carbons (Fsp3) is 0.364. The summed E-state index contributed by atoms with van der Waals surface area (Å²) in [5, 5.41) is 6.14. The summed E-state index contributed by atoms with van der Waals surface area (Å²) in [7, 11) is 0. The Hall–Kier alpha value is -2.48. The Kier molecular flexibility index (Phi) is 6.39. The minimum absolute atomic E-state index is 0.0470. The lowest BCUT2D eigenvalue weighted by Gasteiger charge is -2.33. The van der Waals surface area contributed by atoms with Crippen molar-refractivity contribution in [3.63, 3.8) is 0 Å². The Morgan fingerprint density at radius 2 is 1.90 bits per heavy atom. The van der Waals surface area contributed by atoms with Crippen LogP contribution in [-0.4, -0.2) is 53.4 Å². The van der Waals surface area contributed by atoms with Crippen LogP contribution in [0.15, 0.2) is 52.5 Å². The first-order chi connectivity index (χ1) is 14.2. The molecule has 1 aliphatic rings. The largest absolute Gasteiger partial charge is 0.463 e. The van der Waals surface area contributed by atoms with Gasteiger partial charge in [0.2, 0.25) is 5.91 Å². The number of aromatic nitrogens is 1. The second-order valence-corrected chi connectivity index (χ2v) is 8.20. The van der Waals surface area contributed by atoms with E-state index in [0.29, 0.717) is 6.54 Å². The van der Waals surface area contributed by atoms with E-state index in [2.05, 4.69) is 39.2 Å². The molecule has 1 aliphatic heterocycles. The third-order valence-corrected chi connectivity index (χ3v) is 6.00. The summed E-state index contributed by atoms with van der Waals surface area (Å²) in [5.74, 6) is 0.860. The van der Waals surface area contributed by atoms with E-state index in [4.69, 9.17) is 4.42 Å². The van der Waals surface area contributed by atoms with Crippen molar-refractivity contribution in [2.75, 3.05) is 38.0 Å². The molecule has 1 aromatic carbocycles. The number of anilines is 1. The molecule has 1 amide bonds. The molecule has 0 spiro atoms. The summed E-state index contributed by atoms with van der Waals surface area (Å²) in [6, 6.07) is 11.9. The number of piperazine rings is 1. The average Bonchev–Trinajstić information content (AvgIpc) is 3.42. The van der Waals surface area contributed by atoms with Crippen molar-refractivity contribution in [2.24, 2.45) is 0 Å². The Bertz CT molecular complexity index is 913. The van der Waals surface area contributed by atoms with Gasteiger partial charge in [0, 0.05) is 37.2 Å². The summed E-state index contributed by atoms with van der Waals surface area (Å²) in [6.45, 7) is 7.05. The number of aryl methyl sites for hydroxylation is 1. The van der Waals surface area contributed by atoms with Gasteiger partial charge < -0.3 is 9.73 Å². The lowest BCUT2D eigenvalue weighted by atomic mass is 10.1. The zero-order valence-corrected chi connectivity index (χ0v) is 17.5. The number of carbonyl (C=O) groups is 1. The molecule has 3 aromatic rings. The van der Waals surface area contributed by atoms with Gasteiger partial charge in [-0.1, -0.05) is 19.1 Å². The standard InChI is InChI=1S/C22H26N4O2S/c1-2-17-5-7-18(8-6-17)23-21(27)14-25-9-11-26(12-10-25)15-22-24-19(16-29-22)20-4-3-13-28-20/h3-8,13,16H,2,9-12,14-15H2,1H3,(H,23,27). The number of benzene rings is 1. The zero-order chi connectivity index (χ0) is 20.1. The summed E-state index contributed by atoms with van der Waals surface area (Å²) in [6.07, 6.45) is 2.67. The van der Waals surface area contributed by atoms with E-state index in [1.54, 1.807) is 17.6 Å². The maximum Gasteiger partial charge on any atom is 0.238 e. The summed E-state index contributed by atoms with van der Waals surface area (Å²) in [5.41, 5.74) is 3.04. The Labute approximate surface area is 175 Å². The minimum atomic E-state index is 0.0470. The molecule has 3 heterocycles. The van der Waals surface area contributed by atoms with Gasteiger partial charge in [0.1, 0.15) is 10.7 Å². The topological polar surface area (TPSA) is 61.6 Å². The molecule has 1 N–H and O–H groups in total. The number of hydrogen-bond donors (Lipinski definition) is 1. The lowest BCUT2D eigenvalue weighted by Crippen LogP contribution is -2.48. The van der Waals surface area contributed by atoms with E-state index in [1.807, 2.05) is 29.6 Å². The van der Waals surface area contributed by atoms with Gasteiger partial charge >= 0.3 is 0 Å². The molecule has 7 heteroatoms. The van der Waals surface area contributed by atoms with Gasteiger partial charge in [-0.15, -0.1) is 11.3 Å². The van der Waals surface area contributed by atoms with Gasteiger partial charge in [0.15, 0.2) is 5.76 Å². The van der Waals surface area contributed by atoms with E-state index < -0.39 is 0 Å². The molecule has 0 radical (unpaired) electrons. The molecule has 29 heavy (non-hydrogen) atoms. The number of carbonyl (C=O) groups excluding carboxylic acids is 1. The van der Waals surface area contributed by atoms with Gasteiger partial charge in [-0.05, 0) is 36.2 Å². The molecule has 0 unspecified atom stereocenters. The number of nitrogens with one attached hydrogen (secondary N) is 1. The first-order valence-corrected chi connectivity index (χ1v) is 10.9. The van der Waals surface area contributed by atoms with Crippen LogP contribution in [0.2, 0.25) is 0 Å². The molecule has 0 saturated carbocycles. The van der Waals surface area contributed by atoms with Gasteiger partial charge in [-0.2, -0.15) is 0 Å². The highest BCUT2D eigenvalue weighted by Crippen LogP contribution is 2.23. The van der Waals surface area contributed by atoms with E-state index in [0.717, 1.165) is 61.3 Å². The molecule has 1 saturated heterocycles. The van der Waals surface area contributed by atoms with Gasteiger partial charge in [-0.3, -0.25) is 14.6 Å². The van der Waals surface area contributed by atoms with Gasteiger partial charge in [0.05, 0.1) is 19.4 Å². The van der Waals surface area contributed by atoms with Crippen LogP contribution >= 0.6 is 11.3 Å². The van der Waals surface area contributed by atoms with Crippen molar-refractivity contribution in [3.05, 3.63) is 58.6 Å². The first kappa shape index (κ1) is 19.8. The second kappa shape index (κ2) is 9.35. The van der Waals surface area contributed by atoms with E-state index in [9.17, 15) is 4.79 Å². The van der Waals surface area contributed by atoms with Crippen molar-refractivity contribution in [2.45, 2.75) is 19.9 Å². The van der Waals surface area contributed by atoms with E-state index in [1.165, 1.54) is 5.56 Å². The number of thiazole rings is 1. The maximum absolute atomic E-state index is 12.3. The van der Waals surface area contributed by atoms with Crippen LogP contribution in [0.25, 0.3) is 11.5 Å². The quantitative estimate of drug-likeness (QED) is 0.643. The minimum Gasteiger partial charge on any atom is -0.463 e. The number of amides is 1. The molecule has 6 nitrogen and oxygen atoms in total. The summed E-state index contributed by atoms with van der Waals surface area (Å²) in [4.78, 5) is 21.6. The summed E-state index contributed by atoms with van der Waals surface area (Å²) >= 11 is 1.67. The predicted octanol–water partition coefficient (Wildman–Crippen LogP) is 3.72. The van der Waals surface area contributed by atoms with Gasteiger partial charge in [0.25, 0.3) is 0 Å². The molecule has 0 atom stereocenters. The van der Waals surface area contributed by atoms with Crippen molar-refractivity contribution >= 4 is 22.9 Å². The van der Waals surface area contributed by atoms with Crippen LogP contribution in [-0.2, 0) is 17.8 Å². The zero-order valence-electron chi connectivity index (χ0n) is 16.6. The second-order valence-electron chi connectivity index (χ2n) is 7.25. The molecule has 152 valence electrons. The Morgan fingerprint density at radius 3 is 2.59 bits per heavy atom. The molecular formula is C22H26N4O2S. The number of furan rings is 1. The first-order valence-electron chi connectivity index (χ1n) is 10.0. The van der Waals surface area contributed by atoms with Crippen LogP contribution in [0.3, 0.4) is 0 Å². The van der Waals surface area contributed by atoms with Crippen molar-refractivity contribution in [1.29, 1.82) is 0 Å². The third-order valence-electron chi connectivity index (χ3n) is 5.16. The predicted molar refractivity (Wildman–Crippen MR) is 116 cm³/mol. The SMILES string of the molecule is CCc1ccc(NC(=O)CN2CCN(Cc3nc(-c4ccco4)cs3)CC2)cc1. The fourth-order valence-corrected chi connectivity index (χ4v) is 4.27. The van der Waals surface area contributed by atoms with Gasteiger partial charge in [-0.25, -0.2) is 4.98 Å². The molecular weight excluding hydrogens is 384 g/mol. The van der Waals surface area contributed by atoms with Crippen molar-refractivity contribution < 1.29 is 9.21 Å². The highest BCUT2D eigenvalue weighted by Gasteiger charge is 2.20. The maximum atomic E-state index is 12.3. The lowest BCUT2D eigenvalue weighted by molar-refractivity contribution is -0.117. The molecule has 2 aromatic heterocycles. The molecule has 4 rings (SSSR count). The normalized spacial score (nSPS) is 15.5. The number of nitrogens with zero attached hydrogens (tertiary/aromatic N) is 3. The third kappa shape index (κ3) is 5.32. The molecule has 0 bridgehead atoms. The van der Waals surface area contributed by atoms with Crippen molar-refractivity contribution in [3.8, 4) is 11.5 Å². The Balaban J connectivity index is 1.21. The van der Waals surface area contributed by atoms with Crippen LogP contribution in [0, 0.1) is 0 Å². The number of hydrogen-bond acceptors (Lipinski definition) is 6. The highest BCUT2D eigenvalue weighted by molar-refractivity contribution is 7.09. The Morgan fingerprint density at radius 1 is 1.14 bits per heavy atom. The van der Waals surface area contributed by atoms with E-state index >= 15 is 0 Å². The van der Waals surface area contributed by atoms with Crippen LogP contribution in [0.5, 0.6) is 0 Å². The number of rotatable bonds is 7. The van der Waals surface area contributed by atoms with E-state index in [-0.39, 0.29) is 5.91 Å². The highest BCUT2D eigenvalue weighted by atomic mass is 32.1. The average molecular weight is 411 g/mol.